The predicted octanol–water partition coefficient (Wildman–Crippen LogP) is -3.80. The van der Waals surface area contributed by atoms with Gasteiger partial charge < -0.3 is 30.6 Å². The van der Waals surface area contributed by atoms with E-state index in [-0.39, 0.29) is 51.9 Å². The van der Waals surface area contributed by atoms with E-state index in [0.29, 0.717) is 0 Å². The van der Waals surface area contributed by atoms with Gasteiger partial charge in [-0.05, 0) is 0 Å². The third-order valence-electron chi connectivity index (χ3n) is 0. The molecule has 0 bridgehead atoms. The van der Waals surface area contributed by atoms with Crippen LogP contribution in [0.2, 0.25) is 0 Å². The van der Waals surface area contributed by atoms with Gasteiger partial charge in [-0.25, -0.2) is 0 Å². The van der Waals surface area contributed by atoms with Gasteiger partial charge in [0.2, 0.25) is 0 Å². The predicted molar refractivity (Wildman–Crippen MR) is 41.5 cm³/mol. The molecule has 0 fully saturated rings. The summed E-state index contributed by atoms with van der Waals surface area (Å²) in [5.74, 6) is 0. The van der Waals surface area contributed by atoms with Crippen LogP contribution in [-0.4, -0.2) is 23.5 Å². The smallest absolute Gasteiger partial charge is 0.356 e. The van der Waals surface area contributed by atoms with E-state index < -0.39 is 19.2 Å². The van der Waals surface area contributed by atoms with Crippen LogP contribution >= 0.6 is 0 Å². The first kappa shape index (κ1) is 29.5. The standard InChI is InChI=1S/Ag.2NO3.Na.H2O3S2/c;2*2-1(3)4;;1-5(2,3)4/h;;;;(H2,1,2,3,4)/q+1;2*-1;+1;. The van der Waals surface area contributed by atoms with Crippen LogP contribution in [0.4, 0.5) is 0 Å². The third kappa shape index (κ3) is 12000. The Morgan fingerprint density at radius 2 is 1.00 bits per heavy atom. The Balaban J connectivity index is -0.0000000315. The van der Waals surface area contributed by atoms with Crippen LogP contribution in [-0.2, 0) is 42.6 Å². The number of nitrogens with zero attached hydrogens (tertiary/aromatic N) is 2. The van der Waals surface area contributed by atoms with Crippen LogP contribution in [0.25, 0.3) is 0 Å². The summed E-state index contributed by atoms with van der Waals surface area (Å²) in [5, 5.41) is 29.5. The summed E-state index contributed by atoms with van der Waals surface area (Å²) in [4.78, 5) is 16.5. The van der Waals surface area contributed by atoms with E-state index in [9.17, 15) is 0 Å². The maximum Gasteiger partial charge on any atom is 1.00 e. The molecule has 0 amide bonds. The SMILES string of the molecule is O=S(O)(O)=S.O=[N+]([O-])[O-].O=[N+]([O-])[O-].[Ag+].[Na+]. The molecule has 0 saturated heterocycles. The molecule has 0 aromatic carbocycles. The zero-order valence-electron chi connectivity index (χ0n) is 6.76. The van der Waals surface area contributed by atoms with Crippen LogP contribution in [0.5, 0.6) is 0 Å². The van der Waals surface area contributed by atoms with Gasteiger partial charge in [0.25, 0.3) is 9.05 Å². The molecule has 0 saturated carbocycles. The third-order valence-corrected chi connectivity index (χ3v) is 0. The van der Waals surface area contributed by atoms with E-state index in [1.54, 1.807) is 0 Å². The fourth-order valence-corrected chi connectivity index (χ4v) is 0. The van der Waals surface area contributed by atoms with Crippen molar-refractivity contribution in [2.75, 3.05) is 0 Å². The molecule has 0 heterocycles. The van der Waals surface area contributed by atoms with Gasteiger partial charge in [0.15, 0.2) is 0 Å². The van der Waals surface area contributed by atoms with E-state index in [1.165, 1.54) is 0 Å². The van der Waals surface area contributed by atoms with Crippen LogP contribution < -0.4 is 29.6 Å². The molecular weight excluding hydrogens is 367 g/mol. The molecule has 0 aromatic rings. The quantitative estimate of drug-likeness (QED) is 0.243. The van der Waals surface area contributed by atoms with Crippen molar-refractivity contribution in [3.05, 3.63) is 30.6 Å². The molecule has 15 heteroatoms. The van der Waals surface area contributed by atoms with Crippen LogP contribution in [0.3, 0.4) is 0 Å². The Morgan fingerprint density at radius 1 is 1.00 bits per heavy atom. The Bertz CT molecular complexity index is 221. The van der Waals surface area contributed by atoms with Gasteiger partial charge >= 0.3 is 51.9 Å². The fourth-order valence-electron chi connectivity index (χ4n) is 0. The van der Waals surface area contributed by atoms with E-state index in [2.05, 4.69) is 11.2 Å². The molecule has 0 rings (SSSR count). The molecule has 0 aromatic heterocycles. The maximum atomic E-state index is 9.11. The second-order valence-corrected chi connectivity index (χ2v) is 3.09. The fraction of sp³-hybridized carbons (Fsp3) is 0. The number of hydrogen-bond acceptors (Lipinski definition) is 8. The Hall–Kier alpha value is 0.430. The Morgan fingerprint density at radius 3 is 1.00 bits per heavy atom. The second-order valence-electron chi connectivity index (χ2n) is 0.895. The van der Waals surface area contributed by atoms with Gasteiger partial charge in [-0.2, -0.15) is 4.21 Å². The van der Waals surface area contributed by atoms with Gasteiger partial charge in [0.1, 0.15) is 0 Å². The summed E-state index contributed by atoms with van der Waals surface area (Å²) in [6.07, 6.45) is 0. The first-order valence-corrected chi connectivity index (χ1v) is 4.19. The monoisotopic (exact) mass is 368 g/mol. The average molecular weight is 369 g/mol. The van der Waals surface area contributed by atoms with Crippen molar-refractivity contribution in [1.82, 2.24) is 0 Å². The van der Waals surface area contributed by atoms with Gasteiger partial charge in [0, 0.05) is 11.2 Å². The molecule has 0 unspecified atom stereocenters. The van der Waals surface area contributed by atoms with Crippen LogP contribution in [0, 0.1) is 30.6 Å². The molecule has 0 aliphatic heterocycles. The summed E-state index contributed by atoms with van der Waals surface area (Å²) < 4.78 is 24.0. The van der Waals surface area contributed by atoms with Crippen molar-refractivity contribution < 1.29 is 75.4 Å². The minimum Gasteiger partial charge on any atom is -0.356 e. The molecule has 0 spiro atoms. The number of rotatable bonds is 0. The zero-order valence-corrected chi connectivity index (χ0v) is 11.9. The zero-order chi connectivity index (χ0) is 11.7. The minimum atomic E-state index is -3.83. The van der Waals surface area contributed by atoms with Crippen molar-refractivity contribution in [1.29, 1.82) is 0 Å². The van der Waals surface area contributed by atoms with E-state index in [0.717, 1.165) is 0 Å². The Kier molecular flexibility index (Phi) is 33.2. The molecule has 0 aliphatic rings. The first-order chi connectivity index (χ1) is 5.46. The molecule has 90 valence electrons. The molecule has 2 N–H and O–H groups in total. The number of hydrogen-bond donors (Lipinski definition) is 2. The van der Waals surface area contributed by atoms with Crippen molar-refractivity contribution in [2.45, 2.75) is 0 Å². The summed E-state index contributed by atoms with van der Waals surface area (Å²) in [6, 6.07) is 0. The molecular formula is H2AgN2NaO9S2. The van der Waals surface area contributed by atoms with Crippen LogP contribution in [0.1, 0.15) is 0 Å². The van der Waals surface area contributed by atoms with Crippen molar-refractivity contribution in [3.63, 3.8) is 0 Å². The first-order valence-electron chi connectivity index (χ1n) is 1.79. The molecule has 0 atom stereocenters. The average Bonchev–Trinajstić information content (AvgIpc) is 1.50. The molecule has 0 aliphatic carbocycles. The molecule has 15 heavy (non-hydrogen) atoms. The summed E-state index contributed by atoms with van der Waals surface area (Å²) >= 11 is 3.47. The van der Waals surface area contributed by atoms with E-state index in [1.807, 2.05) is 0 Å². The van der Waals surface area contributed by atoms with Crippen LogP contribution in [0.15, 0.2) is 0 Å². The normalized spacial score (nSPS) is 7.07. The molecule has 0 radical (unpaired) electrons. The van der Waals surface area contributed by atoms with Crippen molar-refractivity contribution >= 4 is 20.2 Å². The van der Waals surface area contributed by atoms with Gasteiger partial charge in [-0.1, -0.05) is 0 Å². The van der Waals surface area contributed by atoms with Gasteiger partial charge in [-0.15, -0.1) is 0 Å². The summed E-state index contributed by atoms with van der Waals surface area (Å²) in [7, 11) is -3.83. The van der Waals surface area contributed by atoms with Crippen molar-refractivity contribution in [2.24, 2.45) is 0 Å². The van der Waals surface area contributed by atoms with Gasteiger partial charge in [-0.3, -0.25) is 9.11 Å². The second kappa shape index (κ2) is 16.8. The van der Waals surface area contributed by atoms with Gasteiger partial charge in [0.05, 0.1) is 10.2 Å². The summed E-state index contributed by atoms with van der Waals surface area (Å²) in [5.41, 5.74) is 0. The van der Waals surface area contributed by atoms with E-state index in [4.69, 9.17) is 44.0 Å². The molecule has 11 nitrogen and oxygen atoms in total. The minimum absolute atomic E-state index is 0. The largest absolute Gasteiger partial charge is 1.00 e. The topological polar surface area (TPSA) is 190 Å². The van der Waals surface area contributed by atoms with E-state index >= 15 is 0 Å². The maximum absolute atomic E-state index is 9.11. The summed E-state index contributed by atoms with van der Waals surface area (Å²) in [6.45, 7) is 0. The Labute approximate surface area is 125 Å². The van der Waals surface area contributed by atoms with Crippen molar-refractivity contribution in [3.8, 4) is 0 Å².